The quantitative estimate of drug-likeness (QED) is 0.431. The molecule has 0 radical (unpaired) electrons. The van der Waals surface area contributed by atoms with Gasteiger partial charge in [0.15, 0.2) is 11.5 Å². The minimum Gasteiger partial charge on any atom is -0.493 e. The first-order chi connectivity index (χ1) is 14.2. The van der Waals surface area contributed by atoms with Gasteiger partial charge in [-0.25, -0.2) is 5.43 Å². The molecule has 6 heteroatoms. The second-order valence-corrected chi connectivity index (χ2v) is 6.20. The molecule has 3 aromatic rings. The maximum atomic E-state index is 11.9. The number of nitrogens with one attached hydrogen (secondary N) is 2. The van der Waals surface area contributed by atoms with Gasteiger partial charge in [-0.1, -0.05) is 48.5 Å². The average Bonchev–Trinajstić information content (AvgIpc) is 2.78. The third kappa shape index (κ3) is 6.39. The van der Waals surface area contributed by atoms with Gasteiger partial charge in [0.25, 0.3) is 5.91 Å². The molecule has 0 atom stereocenters. The van der Waals surface area contributed by atoms with Gasteiger partial charge in [0.2, 0.25) is 0 Å². The summed E-state index contributed by atoms with van der Waals surface area (Å²) < 4.78 is 11.2. The van der Waals surface area contributed by atoms with Crippen molar-refractivity contribution >= 4 is 17.8 Å². The summed E-state index contributed by atoms with van der Waals surface area (Å²) in [5.74, 6) is 1.01. The Balaban J connectivity index is 1.51. The zero-order valence-electron chi connectivity index (χ0n) is 16.2. The van der Waals surface area contributed by atoms with Crippen LogP contribution in [-0.2, 0) is 11.4 Å². The first-order valence-corrected chi connectivity index (χ1v) is 9.20. The molecule has 3 rings (SSSR count). The molecule has 0 saturated heterocycles. The number of ether oxygens (including phenoxy) is 2. The zero-order chi connectivity index (χ0) is 20.3. The molecule has 0 aliphatic carbocycles. The first-order valence-electron chi connectivity index (χ1n) is 9.20. The summed E-state index contributed by atoms with van der Waals surface area (Å²) in [7, 11) is 1.59. The number of rotatable bonds is 9. The van der Waals surface area contributed by atoms with Crippen LogP contribution in [0.15, 0.2) is 84.0 Å². The lowest BCUT2D eigenvalue weighted by Crippen LogP contribution is -2.25. The van der Waals surface area contributed by atoms with Crippen LogP contribution >= 0.6 is 0 Å². The van der Waals surface area contributed by atoms with Crippen LogP contribution in [0.25, 0.3) is 0 Å². The highest BCUT2D eigenvalue weighted by molar-refractivity contribution is 5.84. The van der Waals surface area contributed by atoms with E-state index in [4.69, 9.17) is 9.47 Å². The summed E-state index contributed by atoms with van der Waals surface area (Å²) in [6, 6.07) is 24.9. The second kappa shape index (κ2) is 10.5. The first kappa shape index (κ1) is 19.9. The Morgan fingerprint density at radius 1 is 0.966 bits per heavy atom. The van der Waals surface area contributed by atoms with E-state index in [1.807, 2.05) is 72.8 Å². The standard InChI is InChI=1S/C23H23N3O3/c1-28-22-14-19(12-13-21(22)29-17-18-8-4-2-5-9-18)15-25-26-23(27)16-24-20-10-6-3-7-11-20/h2-15,24H,16-17H2,1H3,(H,26,27)/b25-15+. The van der Waals surface area contributed by atoms with Gasteiger partial charge in [-0.3, -0.25) is 4.79 Å². The molecule has 2 N–H and O–H groups in total. The van der Waals surface area contributed by atoms with E-state index >= 15 is 0 Å². The van der Waals surface area contributed by atoms with Gasteiger partial charge in [-0.05, 0) is 41.5 Å². The van der Waals surface area contributed by atoms with Crippen LogP contribution in [0.2, 0.25) is 0 Å². The van der Waals surface area contributed by atoms with Gasteiger partial charge in [0, 0.05) is 5.69 Å². The number of anilines is 1. The zero-order valence-corrected chi connectivity index (χ0v) is 16.2. The van der Waals surface area contributed by atoms with E-state index in [1.165, 1.54) is 0 Å². The van der Waals surface area contributed by atoms with Crippen molar-refractivity contribution in [2.45, 2.75) is 6.61 Å². The van der Waals surface area contributed by atoms with E-state index in [-0.39, 0.29) is 12.5 Å². The van der Waals surface area contributed by atoms with Crippen molar-refractivity contribution in [2.75, 3.05) is 19.0 Å². The Morgan fingerprint density at radius 2 is 1.69 bits per heavy atom. The van der Waals surface area contributed by atoms with E-state index in [0.29, 0.717) is 18.1 Å². The number of para-hydroxylation sites is 1. The van der Waals surface area contributed by atoms with Gasteiger partial charge in [0.1, 0.15) is 6.61 Å². The predicted molar refractivity (Wildman–Crippen MR) is 114 cm³/mol. The van der Waals surface area contributed by atoms with Crippen molar-refractivity contribution in [2.24, 2.45) is 5.10 Å². The molecule has 0 aliphatic rings. The number of hydrogen-bond donors (Lipinski definition) is 2. The molecule has 0 unspecified atom stereocenters. The Hall–Kier alpha value is -3.80. The predicted octanol–water partition coefficient (Wildman–Crippen LogP) is 3.84. The maximum absolute atomic E-state index is 11.9. The fourth-order valence-corrected chi connectivity index (χ4v) is 2.58. The molecule has 6 nitrogen and oxygen atoms in total. The van der Waals surface area contributed by atoms with Gasteiger partial charge in [-0.2, -0.15) is 5.10 Å². The average molecular weight is 389 g/mol. The van der Waals surface area contributed by atoms with Crippen molar-refractivity contribution in [1.82, 2.24) is 5.43 Å². The largest absolute Gasteiger partial charge is 0.493 e. The van der Waals surface area contributed by atoms with Gasteiger partial charge < -0.3 is 14.8 Å². The number of hydrogen-bond acceptors (Lipinski definition) is 5. The highest BCUT2D eigenvalue weighted by Crippen LogP contribution is 2.28. The fourth-order valence-electron chi connectivity index (χ4n) is 2.58. The van der Waals surface area contributed by atoms with E-state index < -0.39 is 0 Å². The molecular weight excluding hydrogens is 366 g/mol. The van der Waals surface area contributed by atoms with Crippen molar-refractivity contribution in [3.05, 3.63) is 90.0 Å². The number of benzene rings is 3. The number of nitrogens with zero attached hydrogens (tertiary/aromatic N) is 1. The lowest BCUT2D eigenvalue weighted by Gasteiger charge is -2.11. The summed E-state index contributed by atoms with van der Waals surface area (Å²) >= 11 is 0. The number of hydrazone groups is 1. The number of methoxy groups -OCH3 is 1. The molecule has 0 fully saturated rings. The molecule has 0 spiro atoms. The van der Waals surface area contributed by atoms with Crippen molar-refractivity contribution in [3.63, 3.8) is 0 Å². The molecule has 0 heterocycles. The van der Waals surface area contributed by atoms with Crippen LogP contribution in [0.4, 0.5) is 5.69 Å². The monoisotopic (exact) mass is 389 g/mol. The molecule has 3 aromatic carbocycles. The highest BCUT2D eigenvalue weighted by atomic mass is 16.5. The lowest BCUT2D eigenvalue weighted by molar-refractivity contribution is -0.119. The smallest absolute Gasteiger partial charge is 0.259 e. The van der Waals surface area contributed by atoms with Crippen LogP contribution in [-0.4, -0.2) is 25.8 Å². The lowest BCUT2D eigenvalue weighted by atomic mass is 10.2. The van der Waals surface area contributed by atoms with E-state index in [9.17, 15) is 4.79 Å². The molecule has 29 heavy (non-hydrogen) atoms. The summed E-state index contributed by atoms with van der Waals surface area (Å²) in [5, 5.41) is 7.02. The maximum Gasteiger partial charge on any atom is 0.259 e. The van der Waals surface area contributed by atoms with Crippen LogP contribution in [0.3, 0.4) is 0 Å². The summed E-state index contributed by atoms with van der Waals surface area (Å²) in [6.07, 6.45) is 1.56. The SMILES string of the molecule is COc1cc(/C=N/NC(=O)CNc2ccccc2)ccc1OCc1ccccc1. The molecule has 1 amide bonds. The van der Waals surface area contributed by atoms with Crippen molar-refractivity contribution < 1.29 is 14.3 Å². The molecule has 148 valence electrons. The van der Waals surface area contributed by atoms with Gasteiger partial charge in [-0.15, -0.1) is 0 Å². The van der Waals surface area contributed by atoms with Crippen LogP contribution in [0, 0.1) is 0 Å². The number of amides is 1. The van der Waals surface area contributed by atoms with E-state index in [0.717, 1.165) is 16.8 Å². The molecule has 0 saturated carbocycles. The van der Waals surface area contributed by atoms with Crippen molar-refractivity contribution in [3.8, 4) is 11.5 Å². The summed E-state index contributed by atoms with van der Waals surface area (Å²) in [6.45, 7) is 0.589. The number of carbonyl (C=O) groups is 1. The molecule has 0 aliphatic heterocycles. The topological polar surface area (TPSA) is 72.0 Å². The summed E-state index contributed by atoms with van der Waals surface area (Å²) in [5.41, 5.74) is 5.23. The minimum absolute atomic E-state index is 0.136. The van der Waals surface area contributed by atoms with E-state index in [2.05, 4.69) is 15.8 Å². The number of carbonyl (C=O) groups excluding carboxylic acids is 1. The fraction of sp³-hybridized carbons (Fsp3) is 0.130. The highest BCUT2D eigenvalue weighted by Gasteiger charge is 2.06. The Bertz CT molecular complexity index is 944. The Morgan fingerprint density at radius 3 is 2.41 bits per heavy atom. The van der Waals surface area contributed by atoms with E-state index in [1.54, 1.807) is 19.4 Å². The molecular formula is C23H23N3O3. The van der Waals surface area contributed by atoms with Gasteiger partial charge >= 0.3 is 0 Å². The van der Waals surface area contributed by atoms with Crippen LogP contribution in [0.1, 0.15) is 11.1 Å². The van der Waals surface area contributed by atoms with Gasteiger partial charge in [0.05, 0.1) is 19.9 Å². The third-order valence-electron chi connectivity index (χ3n) is 4.05. The van der Waals surface area contributed by atoms with Crippen LogP contribution < -0.4 is 20.2 Å². The van der Waals surface area contributed by atoms with Crippen molar-refractivity contribution in [1.29, 1.82) is 0 Å². The Labute approximate surface area is 170 Å². The third-order valence-corrected chi connectivity index (χ3v) is 4.05. The Kier molecular flexibility index (Phi) is 7.23. The normalized spacial score (nSPS) is 10.5. The van der Waals surface area contributed by atoms with Crippen LogP contribution in [0.5, 0.6) is 11.5 Å². The molecule has 0 bridgehead atoms. The molecule has 0 aromatic heterocycles. The minimum atomic E-state index is -0.236. The second-order valence-electron chi connectivity index (χ2n) is 6.20. The summed E-state index contributed by atoms with van der Waals surface area (Å²) in [4.78, 5) is 11.9.